The van der Waals surface area contributed by atoms with Gasteiger partial charge in [-0.15, -0.1) is 0 Å². The fourth-order valence-corrected chi connectivity index (χ4v) is 3.08. The lowest BCUT2D eigenvalue weighted by Crippen LogP contribution is -2.41. The van der Waals surface area contributed by atoms with E-state index in [0.29, 0.717) is 12.1 Å². The van der Waals surface area contributed by atoms with Gasteiger partial charge < -0.3 is 15.1 Å². The van der Waals surface area contributed by atoms with E-state index in [1.165, 1.54) is 29.0 Å². The van der Waals surface area contributed by atoms with Gasteiger partial charge in [-0.1, -0.05) is 19.1 Å². The van der Waals surface area contributed by atoms with Crippen LogP contribution in [-0.2, 0) is 27.1 Å². The third-order valence-corrected chi connectivity index (χ3v) is 4.52. The molecule has 0 aromatic heterocycles. The Bertz CT molecular complexity index is 737. The van der Waals surface area contributed by atoms with Crippen LogP contribution in [0.4, 0.5) is 13.2 Å². The van der Waals surface area contributed by atoms with E-state index in [4.69, 9.17) is 0 Å². The second kappa shape index (κ2) is 9.07. The number of likely N-dealkylation sites (tertiary alicyclic amines) is 1. The summed E-state index contributed by atoms with van der Waals surface area (Å²) in [6, 6.07) is 4.79. The van der Waals surface area contributed by atoms with Crippen LogP contribution in [0.25, 0.3) is 0 Å². The number of likely N-dealkylation sites (N-methyl/N-ethyl adjacent to an activating group) is 1. The van der Waals surface area contributed by atoms with Gasteiger partial charge in [0.25, 0.3) is 0 Å². The van der Waals surface area contributed by atoms with Crippen LogP contribution in [-0.4, -0.2) is 54.2 Å². The largest absolute Gasteiger partial charge is 0.416 e. The molecule has 0 radical (unpaired) electrons. The molecule has 0 bridgehead atoms. The number of alkyl halides is 3. The number of carbonyl (C=O) groups excluding carboxylic acids is 3. The van der Waals surface area contributed by atoms with Crippen molar-refractivity contribution in [2.24, 2.45) is 5.92 Å². The summed E-state index contributed by atoms with van der Waals surface area (Å²) >= 11 is 0. The zero-order valence-corrected chi connectivity index (χ0v) is 15.9. The van der Waals surface area contributed by atoms with Crippen LogP contribution >= 0.6 is 0 Å². The van der Waals surface area contributed by atoms with Gasteiger partial charge in [0.1, 0.15) is 0 Å². The van der Waals surface area contributed by atoms with Crippen molar-refractivity contribution in [3.05, 3.63) is 35.4 Å². The molecule has 2 rings (SSSR count). The quantitative estimate of drug-likeness (QED) is 0.763. The highest BCUT2D eigenvalue weighted by Crippen LogP contribution is 2.30. The number of nitrogens with one attached hydrogen (secondary N) is 1. The standard InChI is InChI=1S/C19H24F3N3O3/c1-3-7-23-16(26)12-24(2)18(28)14-9-17(27)25(11-14)10-13-5-4-6-15(8-13)19(20,21)22/h4-6,8,14H,3,7,9-12H2,1-2H3,(H,23,26)/t14-/m0/s1. The fraction of sp³-hybridized carbons (Fsp3) is 0.526. The molecule has 154 valence electrons. The number of benzene rings is 1. The van der Waals surface area contributed by atoms with E-state index in [1.54, 1.807) is 0 Å². The number of hydrogen-bond acceptors (Lipinski definition) is 3. The first-order valence-corrected chi connectivity index (χ1v) is 9.07. The number of nitrogens with zero attached hydrogens (tertiary/aromatic N) is 2. The van der Waals surface area contributed by atoms with Gasteiger partial charge in [-0.2, -0.15) is 13.2 Å². The summed E-state index contributed by atoms with van der Waals surface area (Å²) < 4.78 is 38.5. The van der Waals surface area contributed by atoms with Gasteiger partial charge >= 0.3 is 6.18 Å². The molecule has 1 saturated heterocycles. The van der Waals surface area contributed by atoms with Gasteiger partial charge in [-0.25, -0.2) is 0 Å². The monoisotopic (exact) mass is 399 g/mol. The molecule has 0 unspecified atom stereocenters. The van der Waals surface area contributed by atoms with E-state index in [0.717, 1.165) is 18.6 Å². The minimum absolute atomic E-state index is 0.00718. The molecular weight excluding hydrogens is 375 g/mol. The number of amides is 3. The summed E-state index contributed by atoms with van der Waals surface area (Å²) in [6.45, 7) is 2.46. The molecule has 6 nitrogen and oxygen atoms in total. The van der Waals surface area contributed by atoms with Crippen LogP contribution in [0.2, 0.25) is 0 Å². The molecule has 1 heterocycles. The number of hydrogen-bond donors (Lipinski definition) is 1. The van der Waals surface area contributed by atoms with Gasteiger partial charge in [0.05, 0.1) is 18.0 Å². The Labute approximate surface area is 161 Å². The second-order valence-electron chi connectivity index (χ2n) is 6.92. The van der Waals surface area contributed by atoms with Crippen molar-refractivity contribution in [1.82, 2.24) is 15.1 Å². The van der Waals surface area contributed by atoms with Crippen molar-refractivity contribution in [2.45, 2.75) is 32.5 Å². The first kappa shape index (κ1) is 21.7. The summed E-state index contributed by atoms with van der Waals surface area (Å²) in [5.41, 5.74) is -0.425. The number of carbonyl (C=O) groups is 3. The normalized spacial score (nSPS) is 17.0. The minimum Gasteiger partial charge on any atom is -0.355 e. The third kappa shape index (κ3) is 5.71. The highest BCUT2D eigenvalue weighted by atomic mass is 19.4. The van der Waals surface area contributed by atoms with E-state index in [9.17, 15) is 27.6 Å². The average molecular weight is 399 g/mol. The molecule has 1 aliphatic rings. The van der Waals surface area contributed by atoms with Gasteiger partial charge in [-0.3, -0.25) is 14.4 Å². The summed E-state index contributed by atoms with van der Waals surface area (Å²) in [4.78, 5) is 39.1. The van der Waals surface area contributed by atoms with Crippen LogP contribution in [0.3, 0.4) is 0 Å². The molecule has 1 aromatic rings. The van der Waals surface area contributed by atoms with Crippen LogP contribution in [0.15, 0.2) is 24.3 Å². The van der Waals surface area contributed by atoms with E-state index < -0.39 is 17.7 Å². The lowest BCUT2D eigenvalue weighted by atomic mass is 10.1. The molecule has 0 spiro atoms. The molecule has 1 aliphatic heterocycles. The Morgan fingerprint density at radius 2 is 2.04 bits per heavy atom. The van der Waals surface area contributed by atoms with Crippen LogP contribution in [0, 0.1) is 5.92 Å². The molecule has 9 heteroatoms. The Morgan fingerprint density at radius 3 is 2.68 bits per heavy atom. The smallest absolute Gasteiger partial charge is 0.355 e. The van der Waals surface area contributed by atoms with Crippen molar-refractivity contribution in [3.8, 4) is 0 Å². The molecule has 0 aliphatic carbocycles. The van der Waals surface area contributed by atoms with Crippen molar-refractivity contribution < 1.29 is 27.6 Å². The Morgan fingerprint density at radius 1 is 1.32 bits per heavy atom. The molecule has 1 N–H and O–H groups in total. The SMILES string of the molecule is CCCNC(=O)CN(C)C(=O)[C@H]1CC(=O)N(Cc2cccc(C(F)(F)F)c2)C1. The van der Waals surface area contributed by atoms with E-state index in [1.807, 2.05) is 6.92 Å². The predicted molar refractivity (Wildman–Crippen MR) is 95.9 cm³/mol. The predicted octanol–water partition coefficient (Wildman–Crippen LogP) is 2.04. The Kier molecular flexibility index (Phi) is 7.04. The van der Waals surface area contributed by atoms with Crippen LogP contribution in [0.1, 0.15) is 30.9 Å². The lowest BCUT2D eigenvalue weighted by molar-refractivity contribution is -0.138. The van der Waals surface area contributed by atoms with E-state index in [2.05, 4.69) is 5.32 Å². The molecule has 1 aromatic carbocycles. The maximum absolute atomic E-state index is 12.8. The van der Waals surface area contributed by atoms with Crippen molar-refractivity contribution in [2.75, 3.05) is 26.7 Å². The number of halogens is 3. The first-order chi connectivity index (χ1) is 13.1. The Hall–Kier alpha value is -2.58. The van der Waals surface area contributed by atoms with Gasteiger partial charge in [0.15, 0.2) is 0 Å². The van der Waals surface area contributed by atoms with Crippen LogP contribution < -0.4 is 5.32 Å². The average Bonchev–Trinajstić information content (AvgIpc) is 2.99. The topological polar surface area (TPSA) is 69.7 Å². The van der Waals surface area contributed by atoms with E-state index in [-0.39, 0.29) is 43.8 Å². The second-order valence-corrected chi connectivity index (χ2v) is 6.92. The Balaban J connectivity index is 1.96. The van der Waals surface area contributed by atoms with Crippen molar-refractivity contribution in [3.63, 3.8) is 0 Å². The fourth-order valence-electron chi connectivity index (χ4n) is 3.08. The van der Waals surface area contributed by atoms with Crippen molar-refractivity contribution in [1.29, 1.82) is 0 Å². The maximum atomic E-state index is 12.8. The molecule has 0 saturated carbocycles. The summed E-state index contributed by atoms with van der Waals surface area (Å²) in [5, 5.41) is 2.67. The van der Waals surface area contributed by atoms with E-state index >= 15 is 0 Å². The zero-order chi connectivity index (χ0) is 20.9. The summed E-state index contributed by atoms with van der Waals surface area (Å²) in [6.07, 6.45) is -3.69. The zero-order valence-electron chi connectivity index (χ0n) is 15.9. The number of rotatable bonds is 7. The highest BCUT2D eigenvalue weighted by Gasteiger charge is 2.36. The lowest BCUT2D eigenvalue weighted by Gasteiger charge is -2.21. The summed E-state index contributed by atoms with van der Waals surface area (Å²) in [7, 11) is 1.49. The molecule has 3 amide bonds. The van der Waals surface area contributed by atoms with Crippen LogP contribution in [0.5, 0.6) is 0 Å². The molecular formula is C19H24F3N3O3. The summed E-state index contributed by atoms with van der Waals surface area (Å²) in [5.74, 6) is -1.50. The molecule has 1 fully saturated rings. The van der Waals surface area contributed by atoms with Gasteiger partial charge in [-0.05, 0) is 24.1 Å². The third-order valence-electron chi connectivity index (χ3n) is 4.52. The molecule has 1 atom stereocenters. The van der Waals surface area contributed by atoms with Gasteiger partial charge in [0.2, 0.25) is 17.7 Å². The maximum Gasteiger partial charge on any atom is 0.416 e. The minimum atomic E-state index is -4.45. The highest BCUT2D eigenvalue weighted by molar-refractivity contribution is 5.91. The first-order valence-electron chi connectivity index (χ1n) is 9.07. The van der Waals surface area contributed by atoms with Gasteiger partial charge in [0, 0.05) is 33.1 Å². The van der Waals surface area contributed by atoms with Crippen molar-refractivity contribution >= 4 is 17.7 Å². The molecule has 28 heavy (non-hydrogen) atoms.